The molecule has 4 nitrogen and oxygen atoms in total. The van der Waals surface area contributed by atoms with Crippen molar-refractivity contribution < 1.29 is 4.79 Å². The summed E-state index contributed by atoms with van der Waals surface area (Å²) in [6, 6.07) is 10.2. The minimum Gasteiger partial charge on any atom is -0.300 e. The summed E-state index contributed by atoms with van der Waals surface area (Å²) in [7, 11) is 0. The molecule has 2 aromatic rings. The predicted octanol–water partition coefficient (Wildman–Crippen LogP) is 2.31. The molecule has 1 N–H and O–H groups in total. The summed E-state index contributed by atoms with van der Waals surface area (Å²) in [5.41, 5.74) is 1.25. The lowest BCUT2D eigenvalue weighted by Crippen LogP contribution is -2.05. The molecule has 2 rings (SSSR count). The standard InChI is InChI=1S/C13H15N3OS/c1-10(17)9-12-14-13(18)16(15-12)8-7-11-5-3-2-4-6-11/h2-6H,7-9H2,1H3,(H,14,15,18). The zero-order valence-electron chi connectivity index (χ0n) is 10.2. The highest BCUT2D eigenvalue weighted by atomic mass is 32.1. The van der Waals surface area contributed by atoms with Crippen molar-refractivity contribution in [2.75, 3.05) is 0 Å². The maximum atomic E-state index is 11.0. The molecule has 94 valence electrons. The summed E-state index contributed by atoms with van der Waals surface area (Å²) in [4.78, 5) is 15.2. The Balaban J connectivity index is 2.04. The van der Waals surface area contributed by atoms with Crippen LogP contribution in [0.2, 0.25) is 0 Å². The SMILES string of the molecule is CC(=O)Cc1nc(=S)n(CCc2ccccc2)[nH]1. The van der Waals surface area contributed by atoms with Gasteiger partial charge in [0.2, 0.25) is 4.77 Å². The van der Waals surface area contributed by atoms with Crippen LogP contribution in [0.5, 0.6) is 0 Å². The quantitative estimate of drug-likeness (QED) is 0.840. The lowest BCUT2D eigenvalue weighted by molar-refractivity contribution is -0.116. The minimum atomic E-state index is 0.0777. The summed E-state index contributed by atoms with van der Waals surface area (Å²) in [5, 5.41) is 3.06. The van der Waals surface area contributed by atoms with E-state index >= 15 is 0 Å². The van der Waals surface area contributed by atoms with Gasteiger partial charge in [0, 0.05) is 6.54 Å². The van der Waals surface area contributed by atoms with Crippen LogP contribution in [0, 0.1) is 4.77 Å². The monoisotopic (exact) mass is 261 g/mol. The molecule has 0 aliphatic carbocycles. The highest BCUT2D eigenvalue weighted by molar-refractivity contribution is 7.71. The van der Waals surface area contributed by atoms with E-state index in [1.807, 2.05) is 18.2 Å². The second kappa shape index (κ2) is 5.73. The number of aryl methyl sites for hydroxylation is 2. The third-order valence-electron chi connectivity index (χ3n) is 2.61. The summed E-state index contributed by atoms with van der Waals surface area (Å²) < 4.78 is 2.31. The normalized spacial score (nSPS) is 10.5. The molecule has 0 fully saturated rings. The van der Waals surface area contributed by atoms with E-state index in [1.165, 1.54) is 5.56 Å². The molecule has 5 heteroatoms. The van der Waals surface area contributed by atoms with Gasteiger partial charge in [0.05, 0.1) is 6.42 Å². The van der Waals surface area contributed by atoms with E-state index in [0.29, 0.717) is 17.0 Å². The molecule has 0 radical (unpaired) electrons. The van der Waals surface area contributed by atoms with E-state index in [4.69, 9.17) is 12.2 Å². The second-order valence-corrected chi connectivity index (χ2v) is 4.58. The predicted molar refractivity (Wildman–Crippen MR) is 71.9 cm³/mol. The molecule has 0 aliphatic rings. The number of aromatic nitrogens is 3. The van der Waals surface area contributed by atoms with Gasteiger partial charge < -0.3 is 0 Å². The lowest BCUT2D eigenvalue weighted by Gasteiger charge is -2.02. The zero-order chi connectivity index (χ0) is 13.0. The van der Waals surface area contributed by atoms with E-state index in [1.54, 1.807) is 11.6 Å². The minimum absolute atomic E-state index is 0.0777. The number of aromatic amines is 1. The Bertz CT molecular complexity index is 586. The Morgan fingerprint density at radius 1 is 1.39 bits per heavy atom. The third-order valence-corrected chi connectivity index (χ3v) is 2.92. The van der Waals surface area contributed by atoms with Crippen LogP contribution < -0.4 is 0 Å². The Kier molecular flexibility index (Phi) is 4.04. The largest absolute Gasteiger partial charge is 0.300 e. The molecule has 0 saturated carbocycles. The van der Waals surface area contributed by atoms with Crippen LogP contribution in [0.4, 0.5) is 0 Å². The van der Waals surface area contributed by atoms with E-state index in [0.717, 1.165) is 13.0 Å². The van der Waals surface area contributed by atoms with Gasteiger partial charge in [-0.15, -0.1) is 0 Å². The van der Waals surface area contributed by atoms with Crippen molar-refractivity contribution in [2.24, 2.45) is 0 Å². The number of nitrogens with one attached hydrogen (secondary N) is 1. The number of H-pyrrole nitrogens is 1. The van der Waals surface area contributed by atoms with Crippen LogP contribution >= 0.6 is 12.2 Å². The lowest BCUT2D eigenvalue weighted by atomic mass is 10.2. The molecule has 0 aliphatic heterocycles. The average molecular weight is 261 g/mol. The number of Topliss-reactive ketones (excluding diaryl/α,β-unsaturated/α-hetero) is 1. The van der Waals surface area contributed by atoms with Crippen LogP contribution in [0.25, 0.3) is 0 Å². The summed E-state index contributed by atoms with van der Waals surface area (Å²) >= 11 is 5.15. The Labute approximate surface area is 111 Å². The van der Waals surface area contributed by atoms with Gasteiger partial charge in [-0.05, 0) is 31.1 Å². The number of rotatable bonds is 5. The van der Waals surface area contributed by atoms with Gasteiger partial charge in [-0.1, -0.05) is 30.3 Å². The first kappa shape index (κ1) is 12.7. The first-order chi connectivity index (χ1) is 8.65. The number of nitrogens with zero attached hydrogens (tertiary/aromatic N) is 2. The maximum absolute atomic E-state index is 11.0. The molecular weight excluding hydrogens is 246 g/mol. The van der Waals surface area contributed by atoms with E-state index in [2.05, 4.69) is 22.2 Å². The van der Waals surface area contributed by atoms with Gasteiger partial charge in [-0.3, -0.25) is 14.6 Å². The molecule has 0 spiro atoms. The fraction of sp³-hybridized carbons (Fsp3) is 0.308. The highest BCUT2D eigenvalue weighted by Crippen LogP contribution is 2.02. The molecule has 1 heterocycles. The van der Waals surface area contributed by atoms with Crippen LogP contribution in [0.15, 0.2) is 30.3 Å². The summed E-state index contributed by atoms with van der Waals surface area (Å²) in [6.45, 7) is 2.29. The fourth-order valence-electron chi connectivity index (χ4n) is 1.76. The van der Waals surface area contributed by atoms with Crippen molar-refractivity contribution in [1.29, 1.82) is 0 Å². The molecule has 0 bridgehead atoms. The van der Waals surface area contributed by atoms with Crippen molar-refractivity contribution in [2.45, 2.75) is 26.3 Å². The molecule has 0 saturated heterocycles. The van der Waals surface area contributed by atoms with Crippen LogP contribution in [0.3, 0.4) is 0 Å². The number of benzene rings is 1. The van der Waals surface area contributed by atoms with Crippen molar-refractivity contribution in [1.82, 2.24) is 14.8 Å². The molecule has 1 aromatic carbocycles. The first-order valence-electron chi connectivity index (χ1n) is 5.84. The third kappa shape index (κ3) is 3.37. The van der Waals surface area contributed by atoms with Gasteiger partial charge in [0.1, 0.15) is 11.6 Å². The first-order valence-corrected chi connectivity index (χ1v) is 6.25. The summed E-state index contributed by atoms with van der Waals surface area (Å²) in [5.74, 6) is 0.717. The van der Waals surface area contributed by atoms with Gasteiger partial charge in [0.15, 0.2) is 0 Å². The Morgan fingerprint density at radius 2 is 2.11 bits per heavy atom. The van der Waals surface area contributed by atoms with Crippen LogP contribution in [-0.2, 0) is 24.2 Å². The van der Waals surface area contributed by atoms with Crippen molar-refractivity contribution in [3.05, 3.63) is 46.5 Å². The van der Waals surface area contributed by atoms with Gasteiger partial charge in [-0.2, -0.15) is 0 Å². The molecule has 18 heavy (non-hydrogen) atoms. The Morgan fingerprint density at radius 3 is 2.78 bits per heavy atom. The molecule has 0 unspecified atom stereocenters. The Hall–Kier alpha value is -1.75. The van der Waals surface area contributed by atoms with Gasteiger partial charge in [-0.25, -0.2) is 4.98 Å². The fourth-order valence-corrected chi connectivity index (χ4v) is 2.00. The molecule has 0 atom stereocenters. The van der Waals surface area contributed by atoms with Crippen LogP contribution in [-0.4, -0.2) is 20.5 Å². The number of hydrogen-bond acceptors (Lipinski definition) is 3. The van der Waals surface area contributed by atoms with Crippen molar-refractivity contribution >= 4 is 18.0 Å². The molecular formula is C13H15N3OS. The second-order valence-electron chi connectivity index (χ2n) is 4.22. The topological polar surface area (TPSA) is 50.7 Å². The smallest absolute Gasteiger partial charge is 0.216 e. The number of ketones is 1. The van der Waals surface area contributed by atoms with Gasteiger partial charge >= 0.3 is 0 Å². The number of carbonyl (C=O) groups is 1. The number of carbonyl (C=O) groups excluding carboxylic acids is 1. The molecule has 1 aromatic heterocycles. The summed E-state index contributed by atoms with van der Waals surface area (Å²) in [6.07, 6.45) is 1.19. The average Bonchev–Trinajstić information content (AvgIpc) is 2.67. The van der Waals surface area contributed by atoms with E-state index in [-0.39, 0.29) is 5.78 Å². The molecule has 0 amide bonds. The van der Waals surface area contributed by atoms with Crippen molar-refractivity contribution in [3.8, 4) is 0 Å². The van der Waals surface area contributed by atoms with Gasteiger partial charge in [0.25, 0.3) is 0 Å². The highest BCUT2D eigenvalue weighted by Gasteiger charge is 2.04. The van der Waals surface area contributed by atoms with E-state index < -0.39 is 0 Å². The zero-order valence-corrected chi connectivity index (χ0v) is 11.0. The van der Waals surface area contributed by atoms with Crippen molar-refractivity contribution in [3.63, 3.8) is 0 Å². The van der Waals surface area contributed by atoms with E-state index in [9.17, 15) is 4.79 Å². The van der Waals surface area contributed by atoms with Crippen LogP contribution in [0.1, 0.15) is 18.3 Å². The number of hydrogen-bond donors (Lipinski definition) is 1. The maximum Gasteiger partial charge on any atom is 0.216 e.